The van der Waals surface area contributed by atoms with Crippen molar-refractivity contribution in [3.8, 4) is 11.3 Å². The lowest BCUT2D eigenvalue weighted by Gasteiger charge is -2.15. The first-order chi connectivity index (χ1) is 19.4. The van der Waals surface area contributed by atoms with E-state index in [-0.39, 0.29) is 24.1 Å². The molecule has 1 N–H and O–H groups in total. The minimum atomic E-state index is -0.634. The van der Waals surface area contributed by atoms with E-state index < -0.39 is 5.25 Å². The molecule has 5 rings (SSSR count). The number of nitrogens with zero attached hydrogens (tertiary/aromatic N) is 3. The zero-order valence-electron chi connectivity index (χ0n) is 21.2. The zero-order valence-corrected chi connectivity index (χ0v) is 22.7. The number of anilines is 1. The Morgan fingerprint density at radius 2 is 1.77 bits per heavy atom. The fraction of sp³-hybridized carbons (Fsp3) is 0.133. The number of furan rings is 1. The Labute approximate surface area is 239 Å². The van der Waals surface area contributed by atoms with Gasteiger partial charge in [0, 0.05) is 29.2 Å². The Bertz CT molecular complexity index is 1540. The number of halogens is 2. The van der Waals surface area contributed by atoms with Crippen LogP contribution in [0.4, 0.5) is 10.1 Å². The number of hydrogen-bond acceptors (Lipinski definition) is 6. The summed E-state index contributed by atoms with van der Waals surface area (Å²) < 4.78 is 19.0. The smallest absolute Gasteiger partial charge is 0.242 e. The van der Waals surface area contributed by atoms with E-state index in [1.165, 1.54) is 30.1 Å². The largest absolute Gasteiger partial charge is 0.455 e. The third-order valence-corrected chi connectivity index (χ3v) is 7.49. The topological polar surface area (TPSA) is 87.3 Å². The van der Waals surface area contributed by atoms with Crippen LogP contribution in [-0.4, -0.2) is 39.9 Å². The van der Waals surface area contributed by atoms with E-state index in [0.717, 1.165) is 11.1 Å². The highest BCUT2D eigenvalue weighted by Crippen LogP contribution is 2.30. The molecule has 2 heterocycles. The Balaban J connectivity index is 1.29. The quantitative estimate of drug-likeness (QED) is 0.179. The monoisotopic (exact) mass is 574 g/mol. The number of amidine groups is 1. The fourth-order valence-corrected chi connectivity index (χ4v) is 5.29. The van der Waals surface area contributed by atoms with Gasteiger partial charge in [-0.3, -0.25) is 14.5 Å². The average molecular weight is 575 g/mol. The summed E-state index contributed by atoms with van der Waals surface area (Å²) in [5.41, 5.74) is 2.41. The van der Waals surface area contributed by atoms with Crippen LogP contribution >= 0.6 is 23.4 Å². The van der Waals surface area contributed by atoms with Crippen LogP contribution in [0.5, 0.6) is 0 Å². The lowest BCUT2D eigenvalue weighted by atomic mass is 10.1. The van der Waals surface area contributed by atoms with Crippen molar-refractivity contribution in [3.05, 3.63) is 113 Å². The van der Waals surface area contributed by atoms with Crippen molar-refractivity contribution in [3.63, 3.8) is 0 Å². The van der Waals surface area contributed by atoms with E-state index in [1.807, 2.05) is 30.3 Å². The number of rotatable bonds is 9. The molecule has 0 aliphatic carbocycles. The molecule has 0 bridgehead atoms. The van der Waals surface area contributed by atoms with Gasteiger partial charge in [-0.1, -0.05) is 53.7 Å². The molecule has 0 radical (unpaired) electrons. The van der Waals surface area contributed by atoms with Gasteiger partial charge in [0.05, 0.1) is 6.21 Å². The molecule has 40 heavy (non-hydrogen) atoms. The molecule has 2 amide bonds. The van der Waals surface area contributed by atoms with Crippen LogP contribution in [0.25, 0.3) is 11.3 Å². The highest BCUT2D eigenvalue weighted by Gasteiger charge is 2.39. The summed E-state index contributed by atoms with van der Waals surface area (Å²) in [5, 5.41) is 11.6. The van der Waals surface area contributed by atoms with E-state index in [1.54, 1.807) is 53.4 Å². The standard InChI is InChI=1S/C30H24ClFN4O3S/c31-22-8-12-24(13-9-22)34-28(37)18-27-29(38)36(17-16-20-4-2-1-3-5-20)30(40-27)35-33-19-25-14-15-26(39-25)21-6-10-23(32)11-7-21/h1-15,19,27H,16-18H2,(H,34,37)/b33-19+,35-30-. The molecule has 0 saturated carbocycles. The molecule has 3 aromatic carbocycles. The molecule has 10 heteroatoms. The van der Waals surface area contributed by atoms with Crippen LogP contribution in [0, 0.1) is 5.82 Å². The van der Waals surface area contributed by atoms with E-state index in [2.05, 4.69) is 15.5 Å². The number of nitrogens with one attached hydrogen (secondary N) is 1. The second-order valence-corrected chi connectivity index (χ2v) is 10.5. The highest BCUT2D eigenvalue weighted by atomic mass is 35.5. The SMILES string of the molecule is O=C(CC1S/C(=N\N=C\c2ccc(-c3ccc(F)cc3)o2)N(CCc2ccccc2)C1=O)Nc1ccc(Cl)cc1. The molecule has 1 unspecified atom stereocenters. The molecule has 1 saturated heterocycles. The molecular weight excluding hydrogens is 551 g/mol. The number of benzene rings is 3. The molecular formula is C30H24ClFN4O3S. The first-order valence-electron chi connectivity index (χ1n) is 12.5. The summed E-state index contributed by atoms with van der Waals surface area (Å²) in [6.45, 7) is 0.398. The first kappa shape index (κ1) is 27.4. The lowest BCUT2D eigenvalue weighted by molar-refractivity contribution is -0.128. The third kappa shape index (κ3) is 7.05. The minimum absolute atomic E-state index is 0.0179. The zero-order chi connectivity index (χ0) is 27.9. The van der Waals surface area contributed by atoms with Crippen molar-refractivity contribution in [1.29, 1.82) is 0 Å². The molecule has 4 aromatic rings. The molecule has 7 nitrogen and oxygen atoms in total. The van der Waals surface area contributed by atoms with Gasteiger partial charge < -0.3 is 9.73 Å². The molecule has 1 fully saturated rings. The summed E-state index contributed by atoms with van der Waals surface area (Å²) in [4.78, 5) is 27.6. The lowest BCUT2D eigenvalue weighted by Crippen LogP contribution is -2.35. The van der Waals surface area contributed by atoms with E-state index in [9.17, 15) is 14.0 Å². The van der Waals surface area contributed by atoms with Crippen molar-refractivity contribution >= 4 is 52.2 Å². The predicted octanol–water partition coefficient (Wildman–Crippen LogP) is 6.64. The Hall–Kier alpha value is -4.21. The van der Waals surface area contributed by atoms with Crippen molar-refractivity contribution in [2.24, 2.45) is 10.2 Å². The Kier molecular flexibility index (Phi) is 8.73. The first-order valence-corrected chi connectivity index (χ1v) is 13.7. The van der Waals surface area contributed by atoms with Gasteiger partial charge in [0.1, 0.15) is 22.6 Å². The van der Waals surface area contributed by atoms with Gasteiger partial charge in [0.15, 0.2) is 5.17 Å². The van der Waals surface area contributed by atoms with E-state index >= 15 is 0 Å². The van der Waals surface area contributed by atoms with E-state index in [0.29, 0.717) is 40.4 Å². The maximum atomic E-state index is 13.3. The number of hydrogen-bond donors (Lipinski definition) is 1. The van der Waals surface area contributed by atoms with Crippen LogP contribution in [0.3, 0.4) is 0 Å². The minimum Gasteiger partial charge on any atom is -0.455 e. The van der Waals surface area contributed by atoms with Gasteiger partial charge in [-0.05, 0) is 72.6 Å². The van der Waals surface area contributed by atoms with E-state index in [4.69, 9.17) is 16.0 Å². The highest BCUT2D eigenvalue weighted by molar-refractivity contribution is 8.15. The Morgan fingerprint density at radius 3 is 2.52 bits per heavy atom. The van der Waals surface area contributed by atoms with Crippen LogP contribution in [0.2, 0.25) is 5.02 Å². The summed E-state index contributed by atoms with van der Waals surface area (Å²) in [6.07, 6.45) is 2.05. The van der Waals surface area contributed by atoms with Crippen LogP contribution in [0.1, 0.15) is 17.7 Å². The van der Waals surface area contributed by atoms with Gasteiger partial charge in [-0.25, -0.2) is 4.39 Å². The molecule has 202 valence electrons. The fourth-order valence-electron chi connectivity index (χ4n) is 4.05. The molecule has 0 spiro atoms. The maximum absolute atomic E-state index is 13.3. The Morgan fingerprint density at radius 1 is 1.02 bits per heavy atom. The number of amides is 2. The normalized spacial score (nSPS) is 16.2. The van der Waals surface area contributed by atoms with Crippen molar-refractivity contribution in [2.45, 2.75) is 18.1 Å². The van der Waals surface area contributed by atoms with Gasteiger partial charge in [-0.2, -0.15) is 5.10 Å². The van der Waals surface area contributed by atoms with Crippen molar-refractivity contribution in [2.75, 3.05) is 11.9 Å². The molecule has 1 aromatic heterocycles. The van der Waals surface area contributed by atoms with Gasteiger partial charge >= 0.3 is 0 Å². The second kappa shape index (κ2) is 12.8. The van der Waals surface area contributed by atoms with Crippen LogP contribution in [-0.2, 0) is 16.0 Å². The van der Waals surface area contributed by atoms with Gasteiger partial charge in [0.2, 0.25) is 11.8 Å². The second-order valence-electron chi connectivity index (χ2n) is 8.93. The predicted molar refractivity (Wildman–Crippen MR) is 157 cm³/mol. The van der Waals surface area contributed by atoms with Crippen LogP contribution < -0.4 is 5.32 Å². The summed E-state index contributed by atoms with van der Waals surface area (Å²) in [6, 6.07) is 26.1. The van der Waals surface area contributed by atoms with Gasteiger partial charge in [0.25, 0.3) is 0 Å². The molecule has 1 aliphatic heterocycles. The van der Waals surface area contributed by atoms with Crippen molar-refractivity contribution in [1.82, 2.24) is 4.90 Å². The molecule has 1 aliphatic rings. The maximum Gasteiger partial charge on any atom is 0.242 e. The summed E-state index contributed by atoms with van der Waals surface area (Å²) >= 11 is 7.12. The number of carbonyl (C=O) groups excluding carboxylic acids is 2. The summed E-state index contributed by atoms with van der Waals surface area (Å²) in [7, 11) is 0. The average Bonchev–Trinajstić information content (AvgIpc) is 3.54. The number of carbonyl (C=O) groups is 2. The van der Waals surface area contributed by atoms with Crippen LogP contribution in [0.15, 0.2) is 106 Å². The third-order valence-electron chi connectivity index (χ3n) is 6.07. The summed E-state index contributed by atoms with van der Waals surface area (Å²) in [5.74, 6) is 0.209. The van der Waals surface area contributed by atoms with Crippen molar-refractivity contribution < 1.29 is 18.4 Å². The van der Waals surface area contributed by atoms with Gasteiger partial charge in [-0.15, -0.1) is 5.10 Å². The molecule has 1 atom stereocenters. The number of thioether (sulfide) groups is 1.